The predicted molar refractivity (Wildman–Crippen MR) is 57.5 cm³/mol. The summed E-state index contributed by atoms with van der Waals surface area (Å²) in [5, 5.41) is 0. The Labute approximate surface area is 81.7 Å². The largest absolute Gasteiger partial charge is 0.0851 e. The van der Waals surface area contributed by atoms with E-state index in [1.165, 1.54) is 25.7 Å². The molecule has 0 aliphatic heterocycles. The van der Waals surface area contributed by atoms with Gasteiger partial charge in [0.15, 0.2) is 0 Å². The van der Waals surface area contributed by atoms with Crippen molar-refractivity contribution in [3.8, 4) is 0 Å². The van der Waals surface area contributed by atoms with Crippen molar-refractivity contribution >= 4 is 0 Å². The van der Waals surface area contributed by atoms with Gasteiger partial charge in [-0.25, -0.2) is 0 Å². The highest BCUT2D eigenvalue weighted by molar-refractivity contribution is 5.16. The van der Waals surface area contributed by atoms with Crippen LogP contribution in [0, 0.1) is 17.8 Å². The first-order chi connectivity index (χ1) is 6.29. The summed E-state index contributed by atoms with van der Waals surface area (Å²) >= 11 is 0. The highest BCUT2D eigenvalue weighted by Crippen LogP contribution is 2.44. The molecule has 0 heterocycles. The molecule has 0 N–H and O–H groups in total. The quantitative estimate of drug-likeness (QED) is 0.571. The molecule has 3 atom stereocenters. The summed E-state index contributed by atoms with van der Waals surface area (Å²) in [7, 11) is 0. The molecule has 0 heteroatoms. The monoisotopic (exact) mass is 176 g/mol. The molecule has 13 heavy (non-hydrogen) atoms. The van der Waals surface area contributed by atoms with Gasteiger partial charge < -0.3 is 0 Å². The Bertz CT molecular complexity index is 234. The minimum absolute atomic E-state index is 0.876. The van der Waals surface area contributed by atoms with Crippen molar-refractivity contribution in [2.45, 2.75) is 39.5 Å². The van der Waals surface area contributed by atoms with Crippen LogP contribution in [0.2, 0.25) is 0 Å². The zero-order valence-corrected chi connectivity index (χ0v) is 8.79. The lowest BCUT2D eigenvalue weighted by Crippen LogP contribution is -2.03. The first-order valence-electron chi connectivity index (χ1n) is 5.65. The van der Waals surface area contributed by atoms with Crippen LogP contribution in [0.1, 0.15) is 39.5 Å². The molecule has 0 spiro atoms. The maximum absolute atomic E-state index is 2.54. The molecule has 0 amide bonds. The van der Waals surface area contributed by atoms with E-state index in [0.29, 0.717) is 0 Å². The SMILES string of the molecule is CCC/C(C)=C/C1CC2C=CC1C2. The number of hydrogen-bond donors (Lipinski definition) is 0. The molecule has 2 bridgehead atoms. The van der Waals surface area contributed by atoms with Crippen molar-refractivity contribution in [1.29, 1.82) is 0 Å². The minimum atomic E-state index is 0.876. The minimum Gasteiger partial charge on any atom is -0.0851 e. The average molecular weight is 176 g/mol. The van der Waals surface area contributed by atoms with E-state index in [0.717, 1.165) is 17.8 Å². The van der Waals surface area contributed by atoms with E-state index in [1.54, 1.807) is 5.57 Å². The molecule has 0 aromatic carbocycles. The van der Waals surface area contributed by atoms with Crippen LogP contribution in [0.25, 0.3) is 0 Å². The Morgan fingerprint density at radius 2 is 2.23 bits per heavy atom. The number of fused-ring (bicyclic) bond motifs is 2. The molecule has 1 fully saturated rings. The Hall–Kier alpha value is -0.520. The van der Waals surface area contributed by atoms with Crippen molar-refractivity contribution in [2.24, 2.45) is 17.8 Å². The highest BCUT2D eigenvalue weighted by atomic mass is 14.4. The van der Waals surface area contributed by atoms with E-state index in [9.17, 15) is 0 Å². The molecular formula is C13H20. The molecule has 1 saturated carbocycles. The number of rotatable bonds is 3. The third-order valence-electron chi connectivity index (χ3n) is 3.47. The molecule has 2 rings (SSSR count). The van der Waals surface area contributed by atoms with Crippen molar-refractivity contribution in [2.75, 3.05) is 0 Å². The van der Waals surface area contributed by atoms with Crippen molar-refractivity contribution in [3.63, 3.8) is 0 Å². The van der Waals surface area contributed by atoms with E-state index < -0.39 is 0 Å². The fourth-order valence-electron chi connectivity index (χ4n) is 2.86. The Balaban J connectivity index is 1.96. The van der Waals surface area contributed by atoms with E-state index in [-0.39, 0.29) is 0 Å². The zero-order chi connectivity index (χ0) is 9.26. The molecule has 0 nitrogen and oxygen atoms in total. The first-order valence-corrected chi connectivity index (χ1v) is 5.65. The summed E-state index contributed by atoms with van der Waals surface area (Å²) in [6.45, 7) is 4.55. The van der Waals surface area contributed by atoms with Crippen LogP contribution >= 0.6 is 0 Å². The molecule has 3 unspecified atom stereocenters. The fraction of sp³-hybridized carbons (Fsp3) is 0.692. The standard InChI is InChI=1S/C13H20/c1-3-4-10(2)7-13-9-11-5-6-12(13)8-11/h5-7,11-13H,3-4,8-9H2,1-2H3/b10-7+. The Morgan fingerprint density at radius 3 is 2.77 bits per heavy atom. The summed E-state index contributed by atoms with van der Waals surface area (Å²) in [6.07, 6.45) is 12.8. The van der Waals surface area contributed by atoms with Crippen molar-refractivity contribution in [3.05, 3.63) is 23.8 Å². The summed E-state index contributed by atoms with van der Waals surface area (Å²) in [4.78, 5) is 0. The molecule has 2 aliphatic rings. The van der Waals surface area contributed by atoms with E-state index in [4.69, 9.17) is 0 Å². The van der Waals surface area contributed by atoms with Gasteiger partial charge >= 0.3 is 0 Å². The van der Waals surface area contributed by atoms with Crippen molar-refractivity contribution in [1.82, 2.24) is 0 Å². The predicted octanol–water partition coefficient (Wildman–Crippen LogP) is 3.95. The van der Waals surface area contributed by atoms with Gasteiger partial charge in [-0.1, -0.05) is 37.1 Å². The van der Waals surface area contributed by atoms with Gasteiger partial charge in [0.05, 0.1) is 0 Å². The molecule has 0 aromatic heterocycles. The second-order valence-corrected chi connectivity index (χ2v) is 4.71. The summed E-state index contributed by atoms with van der Waals surface area (Å²) in [5.74, 6) is 2.68. The maximum Gasteiger partial charge on any atom is -0.0162 e. The molecule has 0 radical (unpaired) electrons. The highest BCUT2D eigenvalue weighted by Gasteiger charge is 2.33. The third kappa shape index (κ3) is 1.87. The summed E-state index contributed by atoms with van der Waals surface area (Å²) in [6, 6.07) is 0. The van der Waals surface area contributed by atoms with Crippen LogP contribution in [0.15, 0.2) is 23.8 Å². The summed E-state index contributed by atoms with van der Waals surface area (Å²) < 4.78 is 0. The van der Waals surface area contributed by atoms with E-state index >= 15 is 0 Å². The first kappa shape index (κ1) is 9.05. The average Bonchev–Trinajstić information content (AvgIpc) is 2.65. The maximum atomic E-state index is 2.54. The van der Waals surface area contributed by atoms with Gasteiger partial charge in [0.25, 0.3) is 0 Å². The molecular weight excluding hydrogens is 156 g/mol. The van der Waals surface area contributed by atoms with Crippen molar-refractivity contribution < 1.29 is 0 Å². The van der Waals surface area contributed by atoms with Crippen LogP contribution in [0.3, 0.4) is 0 Å². The lowest BCUT2D eigenvalue weighted by atomic mass is 9.91. The normalized spacial score (nSPS) is 37.4. The van der Waals surface area contributed by atoms with Crippen LogP contribution in [-0.2, 0) is 0 Å². The summed E-state index contributed by atoms with van der Waals surface area (Å²) in [5.41, 5.74) is 1.61. The number of allylic oxidation sites excluding steroid dienone is 4. The fourth-order valence-corrected chi connectivity index (χ4v) is 2.86. The van der Waals surface area contributed by atoms with Gasteiger partial charge in [-0.2, -0.15) is 0 Å². The molecule has 2 aliphatic carbocycles. The molecule has 72 valence electrons. The van der Waals surface area contributed by atoms with Gasteiger partial charge in [0.2, 0.25) is 0 Å². The third-order valence-corrected chi connectivity index (χ3v) is 3.47. The second-order valence-electron chi connectivity index (χ2n) is 4.71. The van der Waals surface area contributed by atoms with Gasteiger partial charge in [-0.3, -0.25) is 0 Å². The number of hydrogen-bond acceptors (Lipinski definition) is 0. The Morgan fingerprint density at radius 1 is 1.38 bits per heavy atom. The van der Waals surface area contributed by atoms with Gasteiger partial charge in [-0.15, -0.1) is 0 Å². The van der Waals surface area contributed by atoms with Crippen LogP contribution in [-0.4, -0.2) is 0 Å². The lowest BCUT2D eigenvalue weighted by molar-refractivity contribution is 0.545. The van der Waals surface area contributed by atoms with Gasteiger partial charge in [-0.05, 0) is 43.9 Å². The molecule has 0 saturated heterocycles. The van der Waals surface area contributed by atoms with E-state index in [1.807, 2.05) is 0 Å². The van der Waals surface area contributed by atoms with Crippen LogP contribution in [0.5, 0.6) is 0 Å². The van der Waals surface area contributed by atoms with Gasteiger partial charge in [0, 0.05) is 0 Å². The van der Waals surface area contributed by atoms with Crippen LogP contribution in [0.4, 0.5) is 0 Å². The zero-order valence-electron chi connectivity index (χ0n) is 8.79. The lowest BCUT2D eigenvalue weighted by Gasteiger charge is -2.14. The topological polar surface area (TPSA) is 0 Å². The van der Waals surface area contributed by atoms with Crippen LogP contribution < -0.4 is 0 Å². The van der Waals surface area contributed by atoms with E-state index in [2.05, 4.69) is 32.1 Å². The van der Waals surface area contributed by atoms with Gasteiger partial charge in [0.1, 0.15) is 0 Å². The second kappa shape index (κ2) is 3.69. The Kier molecular flexibility index (Phi) is 2.57. The smallest absolute Gasteiger partial charge is 0.0162 e. The molecule has 0 aromatic rings.